The predicted molar refractivity (Wildman–Crippen MR) is 107 cm³/mol. The lowest BCUT2D eigenvalue weighted by Gasteiger charge is -2.17. The van der Waals surface area contributed by atoms with E-state index >= 15 is 0 Å². The van der Waals surface area contributed by atoms with Crippen molar-refractivity contribution in [1.82, 2.24) is 0 Å². The lowest BCUT2D eigenvalue weighted by Crippen LogP contribution is -3.00. The molecule has 27 heavy (non-hydrogen) atoms. The van der Waals surface area contributed by atoms with Crippen LogP contribution in [0.25, 0.3) is 6.08 Å². The smallest absolute Gasteiger partial charge is 0.161 e. The lowest BCUT2D eigenvalue weighted by molar-refractivity contribution is -0.693. The number of quaternary nitrogens is 1. The van der Waals surface area contributed by atoms with Crippen molar-refractivity contribution in [3.8, 4) is 5.75 Å². The van der Waals surface area contributed by atoms with E-state index in [9.17, 15) is 9.90 Å². The van der Waals surface area contributed by atoms with E-state index < -0.39 is 6.10 Å². The van der Waals surface area contributed by atoms with Crippen LogP contribution in [0.3, 0.4) is 0 Å². The molecule has 0 radical (unpaired) electrons. The predicted octanol–water partition coefficient (Wildman–Crippen LogP) is 0.120. The molecular formula is C21H25BrClNO3. The molecule has 2 rings (SSSR count). The van der Waals surface area contributed by atoms with Crippen LogP contribution in [0.15, 0.2) is 59.1 Å². The Bertz CT molecular complexity index is 752. The summed E-state index contributed by atoms with van der Waals surface area (Å²) in [5, 5.41) is 12.3. The van der Waals surface area contributed by atoms with Crippen molar-refractivity contribution in [2.75, 3.05) is 13.7 Å². The van der Waals surface area contributed by atoms with Gasteiger partial charge in [-0.3, -0.25) is 4.79 Å². The second-order valence-corrected chi connectivity index (χ2v) is 7.04. The van der Waals surface area contributed by atoms with Crippen molar-refractivity contribution in [3.05, 3.63) is 70.2 Å². The molecule has 0 bridgehead atoms. The van der Waals surface area contributed by atoms with Gasteiger partial charge in [0, 0.05) is 0 Å². The van der Waals surface area contributed by atoms with Crippen LogP contribution in [-0.2, 0) is 4.79 Å². The summed E-state index contributed by atoms with van der Waals surface area (Å²) in [4.78, 5) is 12.0. The van der Waals surface area contributed by atoms with Gasteiger partial charge in [0.1, 0.15) is 17.9 Å². The van der Waals surface area contributed by atoms with Gasteiger partial charge >= 0.3 is 0 Å². The SMILES string of the molecule is COc1ccc(/C=C/C(=O)CC[NH2+]C(C)C(O)c2ccccc2)cc1Br.[Cl-]. The number of allylic oxidation sites excluding steroid dienone is 1. The number of methoxy groups -OCH3 is 1. The molecule has 0 aromatic heterocycles. The summed E-state index contributed by atoms with van der Waals surface area (Å²) in [5.41, 5.74) is 1.83. The number of rotatable bonds is 9. The fourth-order valence-corrected chi connectivity index (χ4v) is 3.19. The largest absolute Gasteiger partial charge is 1.00 e. The molecule has 0 heterocycles. The summed E-state index contributed by atoms with van der Waals surface area (Å²) in [6, 6.07) is 15.2. The molecule has 6 heteroatoms. The Morgan fingerprint density at radius 1 is 1.26 bits per heavy atom. The normalized spacial score (nSPS) is 13.0. The maximum atomic E-state index is 12.0. The highest BCUT2D eigenvalue weighted by Crippen LogP contribution is 2.25. The van der Waals surface area contributed by atoms with Crippen molar-refractivity contribution < 1.29 is 32.4 Å². The molecule has 2 aromatic carbocycles. The molecule has 0 aliphatic heterocycles. The Kier molecular flexibility index (Phi) is 10.3. The quantitative estimate of drug-likeness (QED) is 0.529. The number of ether oxygens (including phenoxy) is 1. The molecule has 2 unspecified atom stereocenters. The monoisotopic (exact) mass is 453 g/mol. The second-order valence-electron chi connectivity index (χ2n) is 6.18. The van der Waals surface area contributed by atoms with Gasteiger partial charge in [-0.2, -0.15) is 0 Å². The molecule has 0 amide bonds. The summed E-state index contributed by atoms with van der Waals surface area (Å²) in [5.74, 6) is 0.823. The Morgan fingerprint density at radius 3 is 2.59 bits per heavy atom. The lowest BCUT2D eigenvalue weighted by atomic mass is 10.0. The zero-order chi connectivity index (χ0) is 18.9. The van der Waals surface area contributed by atoms with Crippen LogP contribution in [0, 0.1) is 0 Å². The molecule has 0 spiro atoms. The first-order valence-electron chi connectivity index (χ1n) is 8.62. The number of hydrogen-bond donors (Lipinski definition) is 2. The molecule has 0 aliphatic rings. The molecule has 2 aromatic rings. The molecule has 146 valence electrons. The first-order chi connectivity index (χ1) is 12.5. The van der Waals surface area contributed by atoms with E-state index in [-0.39, 0.29) is 24.2 Å². The molecule has 3 N–H and O–H groups in total. The Morgan fingerprint density at radius 2 is 1.96 bits per heavy atom. The van der Waals surface area contributed by atoms with Crippen LogP contribution < -0.4 is 22.5 Å². The summed E-state index contributed by atoms with van der Waals surface area (Å²) >= 11 is 3.43. The van der Waals surface area contributed by atoms with Gasteiger partial charge in [0.2, 0.25) is 0 Å². The molecule has 2 atom stereocenters. The third kappa shape index (κ3) is 7.46. The van der Waals surface area contributed by atoms with Gasteiger partial charge in [0.25, 0.3) is 0 Å². The highest BCUT2D eigenvalue weighted by atomic mass is 79.9. The summed E-state index contributed by atoms with van der Waals surface area (Å²) in [7, 11) is 1.62. The van der Waals surface area contributed by atoms with Gasteiger partial charge in [-0.25, -0.2) is 0 Å². The van der Waals surface area contributed by atoms with E-state index in [1.165, 1.54) is 0 Å². The molecule has 0 fully saturated rings. The average molecular weight is 455 g/mol. The topological polar surface area (TPSA) is 63.1 Å². The average Bonchev–Trinajstić information content (AvgIpc) is 2.66. The van der Waals surface area contributed by atoms with Crippen LogP contribution in [0.4, 0.5) is 0 Å². The number of aliphatic hydroxyl groups is 1. The van der Waals surface area contributed by atoms with Crippen LogP contribution in [-0.4, -0.2) is 30.6 Å². The van der Waals surface area contributed by atoms with Crippen LogP contribution in [0.1, 0.15) is 30.6 Å². The van der Waals surface area contributed by atoms with Crippen molar-refractivity contribution in [2.45, 2.75) is 25.5 Å². The van der Waals surface area contributed by atoms with Crippen molar-refractivity contribution in [2.24, 2.45) is 0 Å². The van der Waals surface area contributed by atoms with Crippen LogP contribution in [0.5, 0.6) is 5.75 Å². The van der Waals surface area contributed by atoms with Gasteiger partial charge in [0.15, 0.2) is 5.78 Å². The van der Waals surface area contributed by atoms with Gasteiger partial charge in [-0.1, -0.05) is 42.5 Å². The summed E-state index contributed by atoms with van der Waals surface area (Å²) in [6.07, 6.45) is 3.29. The molecule has 0 saturated carbocycles. The molecule has 0 aliphatic carbocycles. The Balaban J connectivity index is 0.00000364. The number of benzene rings is 2. The highest BCUT2D eigenvalue weighted by Gasteiger charge is 2.18. The highest BCUT2D eigenvalue weighted by molar-refractivity contribution is 9.10. The van der Waals surface area contributed by atoms with E-state index in [4.69, 9.17) is 4.74 Å². The van der Waals surface area contributed by atoms with E-state index in [1.807, 2.05) is 60.8 Å². The second kappa shape index (κ2) is 11.9. The Labute approximate surface area is 175 Å². The number of carbonyl (C=O) groups is 1. The van der Waals surface area contributed by atoms with E-state index in [1.54, 1.807) is 19.3 Å². The minimum atomic E-state index is -0.543. The fourth-order valence-electron chi connectivity index (χ4n) is 2.63. The zero-order valence-corrected chi connectivity index (χ0v) is 17.8. The minimum absolute atomic E-state index is 0. The number of hydrogen-bond acceptors (Lipinski definition) is 3. The van der Waals surface area contributed by atoms with Gasteiger partial charge in [-0.05, 0) is 52.2 Å². The standard InChI is InChI=1S/C21H24BrNO3.ClH/c1-15(21(25)17-6-4-3-5-7-17)23-13-12-18(24)10-8-16-9-11-20(26-2)19(22)14-16;/h3-11,14-15,21,23,25H,12-13H2,1-2H3;1H/b10-8+;. The fraction of sp³-hybridized carbons (Fsp3) is 0.286. The number of nitrogens with two attached hydrogens (primary N) is 1. The van der Waals surface area contributed by atoms with Crippen LogP contribution in [0.2, 0.25) is 0 Å². The first-order valence-corrected chi connectivity index (χ1v) is 9.41. The van der Waals surface area contributed by atoms with E-state index in [0.717, 1.165) is 21.3 Å². The first kappa shape index (κ1) is 23.4. The third-order valence-corrected chi connectivity index (χ3v) is 4.83. The zero-order valence-electron chi connectivity index (χ0n) is 15.4. The number of halogens is 2. The molecule has 4 nitrogen and oxygen atoms in total. The van der Waals surface area contributed by atoms with Gasteiger partial charge < -0.3 is 27.6 Å². The van der Waals surface area contributed by atoms with Crippen LogP contribution >= 0.6 is 15.9 Å². The third-order valence-electron chi connectivity index (χ3n) is 4.21. The number of carbonyl (C=O) groups excluding carboxylic acids is 1. The van der Waals surface area contributed by atoms with Gasteiger partial charge in [0.05, 0.1) is 24.5 Å². The van der Waals surface area contributed by atoms with Gasteiger partial charge in [-0.15, -0.1) is 0 Å². The summed E-state index contributed by atoms with van der Waals surface area (Å²) in [6.45, 7) is 2.60. The Hall–Kier alpha value is -1.66. The summed E-state index contributed by atoms with van der Waals surface area (Å²) < 4.78 is 6.04. The minimum Gasteiger partial charge on any atom is -1.00 e. The maximum absolute atomic E-state index is 12.0. The van der Waals surface area contributed by atoms with Crippen molar-refractivity contribution in [3.63, 3.8) is 0 Å². The molecule has 0 saturated heterocycles. The van der Waals surface area contributed by atoms with E-state index in [2.05, 4.69) is 15.9 Å². The molecular weight excluding hydrogens is 430 g/mol. The van der Waals surface area contributed by atoms with Crippen molar-refractivity contribution >= 4 is 27.8 Å². The number of ketones is 1. The maximum Gasteiger partial charge on any atom is 0.161 e. The van der Waals surface area contributed by atoms with Crippen molar-refractivity contribution in [1.29, 1.82) is 0 Å². The van der Waals surface area contributed by atoms with E-state index in [0.29, 0.717) is 13.0 Å². The number of aliphatic hydroxyl groups excluding tert-OH is 1.